The summed E-state index contributed by atoms with van der Waals surface area (Å²) in [5, 5.41) is 5.59. The average Bonchev–Trinajstić information content (AvgIpc) is 3.22. The molecule has 1 saturated heterocycles. The molecule has 5 nitrogen and oxygen atoms in total. The van der Waals surface area contributed by atoms with Crippen molar-refractivity contribution in [3.8, 4) is 0 Å². The number of carbonyl (C=O) groups excluding carboxylic acids is 1. The van der Waals surface area contributed by atoms with Gasteiger partial charge in [0, 0.05) is 66.8 Å². The molecule has 1 N–H and O–H groups in total. The number of nitrogens with zero attached hydrogens (tertiary/aromatic N) is 3. The van der Waals surface area contributed by atoms with E-state index in [0.717, 1.165) is 45.0 Å². The fraction of sp³-hybridized carbons (Fsp3) is 0.300. The van der Waals surface area contributed by atoms with Gasteiger partial charge < -0.3 is 9.88 Å². The van der Waals surface area contributed by atoms with Gasteiger partial charge in [-0.25, -0.2) is 0 Å². The standard InChI is InChI=1S/C30H34N4O/c1-3-34-28-14-8-7-13-26(28)27-22-25(15-16-29(27)34)31-30(35)23(2)33-20-18-32(19-21-33)17-9-12-24-10-5-4-6-11-24/h4-16,22-23H,3,17-21H2,1-2H3,(H,31,35)/b12-9+/t23-/m1/s1. The van der Waals surface area contributed by atoms with Crippen LogP contribution in [0.5, 0.6) is 0 Å². The van der Waals surface area contributed by atoms with Crippen LogP contribution >= 0.6 is 0 Å². The van der Waals surface area contributed by atoms with Gasteiger partial charge in [0.25, 0.3) is 0 Å². The minimum absolute atomic E-state index is 0.0565. The summed E-state index contributed by atoms with van der Waals surface area (Å²) in [6.45, 7) is 9.78. The Morgan fingerprint density at radius 3 is 2.40 bits per heavy atom. The maximum atomic E-state index is 13.1. The lowest BCUT2D eigenvalue weighted by Crippen LogP contribution is -2.52. The molecule has 35 heavy (non-hydrogen) atoms. The van der Waals surface area contributed by atoms with Crippen LogP contribution in [0.4, 0.5) is 5.69 Å². The highest BCUT2D eigenvalue weighted by Crippen LogP contribution is 2.31. The van der Waals surface area contributed by atoms with Crippen LogP contribution in [0.3, 0.4) is 0 Å². The lowest BCUT2D eigenvalue weighted by atomic mass is 10.1. The fourth-order valence-electron chi connectivity index (χ4n) is 5.12. The highest BCUT2D eigenvalue weighted by molar-refractivity contribution is 6.10. The van der Waals surface area contributed by atoms with Gasteiger partial charge in [0.15, 0.2) is 0 Å². The number of fused-ring (bicyclic) bond motifs is 3. The minimum Gasteiger partial charge on any atom is -0.341 e. The summed E-state index contributed by atoms with van der Waals surface area (Å²) < 4.78 is 2.33. The Hall–Kier alpha value is -3.41. The Morgan fingerprint density at radius 2 is 1.63 bits per heavy atom. The van der Waals surface area contributed by atoms with E-state index < -0.39 is 0 Å². The number of nitrogens with one attached hydrogen (secondary N) is 1. The molecule has 1 aliphatic rings. The first-order valence-electron chi connectivity index (χ1n) is 12.6. The van der Waals surface area contributed by atoms with Crippen LogP contribution in [0, 0.1) is 0 Å². The largest absolute Gasteiger partial charge is 0.341 e. The zero-order valence-corrected chi connectivity index (χ0v) is 20.7. The summed E-state index contributed by atoms with van der Waals surface area (Å²) in [7, 11) is 0. The first kappa shape index (κ1) is 23.3. The number of carbonyl (C=O) groups is 1. The first-order valence-corrected chi connectivity index (χ1v) is 12.6. The van der Waals surface area contributed by atoms with E-state index in [0.29, 0.717) is 0 Å². The quantitative estimate of drug-likeness (QED) is 0.393. The van der Waals surface area contributed by atoms with Crippen molar-refractivity contribution in [2.24, 2.45) is 0 Å². The van der Waals surface area contributed by atoms with E-state index in [9.17, 15) is 4.79 Å². The topological polar surface area (TPSA) is 40.5 Å². The number of aromatic nitrogens is 1. The summed E-state index contributed by atoms with van der Waals surface area (Å²) in [6.07, 6.45) is 4.41. The lowest BCUT2D eigenvalue weighted by Gasteiger charge is -2.37. The molecule has 3 aromatic carbocycles. The molecule has 0 radical (unpaired) electrons. The smallest absolute Gasteiger partial charge is 0.241 e. The summed E-state index contributed by atoms with van der Waals surface area (Å²) >= 11 is 0. The maximum absolute atomic E-state index is 13.1. The summed E-state index contributed by atoms with van der Waals surface area (Å²) in [4.78, 5) is 17.8. The van der Waals surface area contributed by atoms with E-state index in [2.05, 4.69) is 99.4 Å². The molecular formula is C30H34N4O. The number of para-hydroxylation sites is 1. The Bertz CT molecular complexity index is 1330. The predicted octanol–water partition coefficient (Wildman–Crippen LogP) is 5.47. The molecule has 0 spiro atoms. The number of hydrogen-bond donors (Lipinski definition) is 1. The van der Waals surface area contributed by atoms with E-state index in [-0.39, 0.29) is 11.9 Å². The third-order valence-electron chi connectivity index (χ3n) is 7.16. The molecule has 1 amide bonds. The second-order valence-corrected chi connectivity index (χ2v) is 9.31. The van der Waals surface area contributed by atoms with Gasteiger partial charge in [0.1, 0.15) is 0 Å². The van der Waals surface area contributed by atoms with Crippen LogP contribution in [0.1, 0.15) is 19.4 Å². The predicted molar refractivity (Wildman–Crippen MR) is 147 cm³/mol. The van der Waals surface area contributed by atoms with Crippen molar-refractivity contribution >= 4 is 39.5 Å². The summed E-state index contributed by atoms with van der Waals surface area (Å²) in [5.74, 6) is 0.0565. The molecule has 2 heterocycles. The average molecular weight is 467 g/mol. The van der Waals surface area contributed by atoms with Crippen LogP contribution in [0.2, 0.25) is 0 Å². The van der Waals surface area contributed by atoms with Crippen molar-refractivity contribution < 1.29 is 4.79 Å². The number of rotatable bonds is 7. The molecule has 5 heteroatoms. The Balaban J connectivity index is 1.19. The van der Waals surface area contributed by atoms with Crippen molar-refractivity contribution in [3.05, 3.63) is 84.4 Å². The van der Waals surface area contributed by atoms with Gasteiger partial charge in [-0.1, -0.05) is 60.7 Å². The SMILES string of the molecule is CCn1c2ccccc2c2cc(NC(=O)[C@@H](C)N3CCN(C/C=C/c4ccccc4)CC3)ccc21. The third kappa shape index (κ3) is 5.02. The Kier molecular flexibility index (Phi) is 6.98. The van der Waals surface area contributed by atoms with Crippen LogP contribution in [-0.4, -0.2) is 59.0 Å². The molecule has 0 saturated carbocycles. The molecule has 1 atom stereocenters. The molecule has 0 aliphatic carbocycles. The zero-order chi connectivity index (χ0) is 24.2. The van der Waals surface area contributed by atoms with E-state index in [4.69, 9.17) is 0 Å². The van der Waals surface area contributed by atoms with Gasteiger partial charge in [-0.15, -0.1) is 0 Å². The van der Waals surface area contributed by atoms with Gasteiger partial charge in [0.2, 0.25) is 5.91 Å². The zero-order valence-electron chi connectivity index (χ0n) is 20.7. The molecular weight excluding hydrogens is 432 g/mol. The van der Waals surface area contributed by atoms with Gasteiger partial charge in [-0.05, 0) is 43.7 Å². The van der Waals surface area contributed by atoms with Crippen molar-refractivity contribution in [2.45, 2.75) is 26.4 Å². The van der Waals surface area contributed by atoms with Gasteiger partial charge in [-0.2, -0.15) is 0 Å². The molecule has 180 valence electrons. The number of piperazine rings is 1. The van der Waals surface area contributed by atoms with Crippen LogP contribution in [0.25, 0.3) is 27.9 Å². The Morgan fingerprint density at radius 1 is 0.914 bits per heavy atom. The lowest BCUT2D eigenvalue weighted by molar-refractivity contribution is -0.121. The van der Waals surface area contributed by atoms with Crippen LogP contribution < -0.4 is 5.32 Å². The highest BCUT2D eigenvalue weighted by atomic mass is 16.2. The van der Waals surface area contributed by atoms with Crippen molar-refractivity contribution in [1.82, 2.24) is 14.4 Å². The minimum atomic E-state index is -0.162. The third-order valence-corrected chi connectivity index (χ3v) is 7.16. The maximum Gasteiger partial charge on any atom is 0.241 e. The Labute approximate surface area is 207 Å². The van der Waals surface area contributed by atoms with E-state index in [1.54, 1.807) is 0 Å². The molecule has 5 rings (SSSR count). The molecule has 1 aromatic heterocycles. The fourth-order valence-corrected chi connectivity index (χ4v) is 5.12. The first-order chi connectivity index (χ1) is 17.1. The number of benzene rings is 3. The van der Waals surface area contributed by atoms with Crippen molar-refractivity contribution in [3.63, 3.8) is 0 Å². The number of amides is 1. The number of hydrogen-bond acceptors (Lipinski definition) is 3. The normalized spacial score (nSPS) is 16.3. The second kappa shape index (κ2) is 10.5. The van der Waals surface area contributed by atoms with Crippen molar-refractivity contribution in [2.75, 3.05) is 38.0 Å². The highest BCUT2D eigenvalue weighted by Gasteiger charge is 2.25. The van der Waals surface area contributed by atoms with Gasteiger partial charge >= 0.3 is 0 Å². The van der Waals surface area contributed by atoms with Crippen LogP contribution in [-0.2, 0) is 11.3 Å². The molecule has 4 aromatic rings. The monoisotopic (exact) mass is 466 g/mol. The summed E-state index contributed by atoms with van der Waals surface area (Å²) in [6, 6.07) is 25.0. The summed E-state index contributed by atoms with van der Waals surface area (Å²) in [5.41, 5.74) is 4.53. The number of aryl methyl sites for hydroxylation is 1. The molecule has 0 bridgehead atoms. The molecule has 1 aliphatic heterocycles. The number of anilines is 1. The van der Waals surface area contributed by atoms with E-state index in [1.807, 2.05) is 19.1 Å². The van der Waals surface area contributed by atoms with Gasteiger partial charge in [0.05, 0.1) is 6.04 Å². The molecule has 1 fully saturated rings. The van der Waals surface area contributed by atoms with Crippen molar-refractivity contribution in [1.29, 1.82) is 0 Å². The van der Waals surface area contributed by atoms with E-state index in [1.165, 1.54) is 27.4 Å². The second-order valence-electron chi connectivity index (χ2n) is 9.31. The van der Waals surface area contributed by atoms with Crippen LogP contribution in [0.15, 0.2) is 78.9 Å². The van der Waals surface area contributed by atoms with Gasteiger partial charge in [-0.3, -0.25) is 14.6 Å². The van der Waals surface area contributed by atoms with E-state index >= 15 is 0 Å². The molecule has 0 unspecified atom stereocenters.